The van der Waals surface area contributed by atoms with Gasteiger partial charge in [-0.3, -0.25) is 0 Å². The van der Waals surface area contributed by atoms with Gasteiger partial charge in [-0.2, -0.15) is 21.0 Å². The molecule has 17 heavy (non-hydrogen) atoms. The molecular weight excluding hydrogens is 236 g/mol. The molecule has 2 aliphatic rings. The monoisotopic (exact) mass is 244 g/mol. The molecule has 0 aliphatic heterocycles. The zero-order valence-electron chi connectivity index (χ0n) is 9.07. The SMILES string of the molecule is N#CC1(C#N)C(C#N)(C#N)C12CCCC[C@H]2Cl. The number of hydrogen-bond acceptors (Lipinski definition) is 4. The van der Waals surface area contributed by atoms with Crippen molar-refractivity contribution in [3.8, 4) is 24.3 Å². The molecule has 0 bridgehead atoms. The lowest BCUT2D eigenvalue weighted by atomic mass is 9.78. The molecule has 84 valence electrons. The van der Waals surface area contributed by atoms with E-state index in [-0.39, 0.29) is 0 Å². The fourth-order valence-electron chi connectivity index (χ4n) is 3.41. The second kappa shape index (κ2) is 3.37. The standard InChI is InChI=1S/C12H9ClN4/c13-9-3-1-2-4-12(9)10(5-14,6-15)11(12,7-16)8-17/h9H,1-4H2/t9-/m1/s1. The summed E-state index contributed by atoms with van der Waals surface area (Å²) in [5.41, 5.74) is -4.08. The van der Waals surface area contributed by atoms with E-state index in [2.05, 4.69) is 0 Å². The van der Waals surface area contributed by atoms with Gasteiger partial charge in [0, 0.05) is 5.38 Å². The van der Waals surface area contributed by atoms with Gasteiger partial charge in [0.1, 0.15) is 0 Å². The van der Waals surface area contributed by atoms with Crippen LogP contribution in [0.25, 0.3) is 0 Å². The quantitative estimate of drug-likeness (QED) is 0.611. The Labute approximate surface area is 105 Å². The molecule has 2 aliphatic carbocycles. The molecule has 0 aromatic rings. The number of alkyl halides is 1. The first-order valence-corrected chi connectivity index (χ1v) is 5.85. The van der Waals surface area contributed by atoms with Crippen molar-refractivity contribution >= 4 is 11.6 Å². The minimum absolute atomic E-state index is 0.449. The summed E-state index contributed by atoms with van der Waals surface area (Å²) in [7, 11) is 0. The summed E-state index contributed by atoms with van der Waals surface area (Å²) in [6.45, 7) is 0. The van der Waals surface area contributed by atoms with Gasteiger partial charge < -0.3 is 0 Å². The lowest BCUT2D eigenvalue weighted by Gasteiger charge is -2.28. The molecule has 4 nitrogen and oxygen atoms in total. The third-order valence-corrected chi connectivity index (χ3v) is 4.91. The summed E-state index contributed by atoms with van der Waals surface area (Å²) in [6.07, 6.45) is 2.87. The van der Waals surface area contributed by atoms with Gasteiger partial charge in [-0.05, 0) is 12.8 Å². The molecule has 1 spiro atoms. The molecule has 0 heterocycles. The number of rotatable bonds is 0. The highest BCUT2D eigenvalue weighted by Crippen LogP contribution is 2.82. The Morgan fingerprint density at radius 2 is 1.35 bits per heavy atom. The molecule has 0 amide bonds. The highest BCUT2D eigenvalue weighted by Gasteiger charge is 2.93. The van der Waals surface area contributed by atoms with E-state index in [1.807, 2.05) is 24.3 Å². The lowest BCUT2D eigenvalue weighted by Crippen LogP contribution is -2.28. The molecule has 2 saturated carbocycles. The number of nitriles is 4. The van der Waals surface area contributed by atoms with Gasteiger partial charge in [0.25, 0.3) is 0 Å². The Kier molecular flexibility index (Phi) is 2.32. The van der Waals surface area contributed by atoms with E-state index in [0.717, 1.165) is 12.8 Å². The topological polar surface area (TPSA) is 95.2 Å². The molecule has 0 aromatic carbocycles. The van der Waals surface area contributed by atoms with Gasteiger partial charge in [0.15, 0.2) is 10.8 Å². The molecule has 2 rings (SSSR count). The van der Waals surface area contributed by atoms with E-state index in [4.69, 9.17) is 11.6 Å². The predicted octanol–water partition coefficient (Wildman–Crippen LogP) is 2.23. The van der Waals surface area contributed by atoms with E-state index in [1.165, 1.54) is 0 Å². The maximum Gasteiger partial charge on any atom is 0.185 e. The molecule has 0 radical (unpaired) electrons. The average molecular weight is 245 g/mol. The van der Waals surface area contributed by atoms with Crippen LogP contribution in [0, 0.1) is 61.6 Å². The molecule has 5 heteroatoms. The Balaban J connectivity index is 2.65. The van der Waals surface area contributed by atoms with Crippen molar-refractivity contribution in [3.63, 3.8) is 0 Å². The highest BCUT2D eigenvalue weighted by molar-refractivity contribution is 6.22. The van der Waals surface area contributed by atoms with Crippen LogP contribution in [-0.4, -0.2) is 5.38 Å². The number of halogens is 1. The van der Waals surface area contributed by atoms with Crippen molar-refractivity contribution < 1.29 is 0 Å². The van der Waals surface area contributed by atoms with Crippen LogP contribution >= 0.6 is 11.6 Å². The summed E-state index contributed by atoms with van der Waals surface area (Å²) in [5.74, 6) is 0. The van der Waals surface area contributed by atoms with E-state index in [0.29, 0.717) is 12.8 Å². The Hall–Kier alpha value is -1.75. The van der Waals surface area contributed by atoms with Crippen molar-refractivity contribution in [2.45, 2.75) is 31.1 Å². The fraction of sp³-hybridized carbons (Fsp3) is 0.667. The van der Waals surface area contributed by atoms with Crippen LogP contribution in [0.1, 0.15) is 25.7 Å². The minimum atomic E-state index is -1.56. The molecule has 0 saturated heterocycles. The average Bonchev–Trinajstić information content (AvgIpc) is 2.89. The second-order valence-electron chi connectivity index (χ2n) is 4.63. The number of nitrogens with zero attached hydrogens (tertiary/aromatic N) is 4. The molecule has 0 aromatic heterocycles. The van der Waals surface area contributed by atoms with E-state index < -0.39 is 21.6 Å². The summed E-state index contributed by atoms with van der Waals surface area (Å²) >= 11 is 6.25. The summed E-state index contributed by atoms with van der Waals surface area (Å²) in [4.78, 5) is 0. The molecule has 0 unspecified atom stereocenters. The maximum atomic E-state index is 9.26. The van der Waals surface area contributed by atoms with Crippen LogP contribution in [0.2, 0.25) is 0 Å². The predicted molar refractivity (Wildman–Crippen MR) is 57.9 cm³/mol. The third kappa shape index (κ3) is 0.882. The van der Waals surface area contributed by atoms with Crippen LogP contribution in [-0.2, 0) is 0 Å². The van der Waals surface area contributed by atoms with Crippen LogP contribution in [0.5, 0.6) is 0 Å². The summed E-state index contributed by atoms with van der Waals surface area (Å²) < 4.78 is 0. The van der Waals surface area contributed by atoms with Crippen molar-refractivity contribution in [2.24, 2.45) is 16.2 Å². The molecule has 1 atom stereocenters. The normalized spacial score (nSPS) is 30.3. The Bertz CT molecular complexity index is 459. The van der Waals surface area contributed by atoms with Crippen molar-refractivity contribution in [2.75, 3.05) is 0 Å². The zero-order valence-corrected chi connectivity index (χ0v) is 9.83. The van der Waals surface area contributed by atoms with Crippen LogP contribution < -0.4 is 0 Å². The smallest absolute Gasteiger partial charge is 0.185 e. The van der Waals surface area contributed by atoms with Gasteiger partial charge in [0.05, 0.1) is 29.7 Å². The Morgan fingerprint density at radius 3 is 1.71 bits per heavy atom. The van der Waals surface area contributed by atoms with Gasteiger partial charge in [-0.15, -0.1) is 11.6 Å². The molecule has 2 fully saturated rings. The summed E-state index contributed by atoms with van der Waals surface area (Å²) in [6, 6.07) is 7.58. The van der Waals surface area contributed by atoms with Crippen LogP contribution in [0.15, 0.2) is 0 Å². The van der Waals surface area contributed by atoms with E-state index in [1.54, 1.807) is 0 Å². The first kappa shape index (κ1) is 11.7. The van der Waals surface area contributed by atoms with Crippen LogP contribution in [0.3, 0.4) is 0 Å². The second-order valence-corrected chi connectivity index (χ2v) is 5.16. The Morgan fingerprint density at radius 1 is 0.882 bits per heavy atom. The van der Waals surface area contributed by atoms with Gasteiger partial charge in [-0.1, -0.05) is 12.8 Å². The van der Waals surface area contributed by atoms with Crippen molar-refractivity contribution in [1.82, 2.24) is 0 Å². The fourth-order valence-corrected chi connectivity index (χ4v) is 4.00. The van der Waals surface area contributed by atoms with Gasteiger partial charge in [-0.25, -0.2) is 0 Å². The van der Waals surface area contributed by atoms with Crippen molar-refractivity contribution in [3.05, 3.63) is 0 Å². The largest absolute Gasteiger partial charge is 0.196 e. The first-order chi connectivity index (χ1) is 8.12. The van der Waals surface area contributed by atoms with Gasteiger partial charge >= 0.3 is 0 Å². The third-order valence-electron chi connectivity index (χ3n) is 4.32. The molecular formula is C12H9ClN4. The highest BCUT2D eigenvalue weighted by atomic mass is 35.5. The number of hydrogen-bond donors (Lipinski definition) is 0. The van der Waals surface area contributed by atoms with E-state index in [9.17, 15) is 21.0 Å². The van der Waals surface area contributed by atoms with Gasteiger partial charge in [0.2, 0.25) is 0 Å². The molecule has 0 N–H and O–H groups in total. The zero-order chi connectivity index (χ0) is 12.7. The van der Waals surface area contributed by atoms with Crippen molar-refractivity contribution in [1.29, 1.82) is 21.0 Å². The van der Waals surface area contributed by atoms with Crippen LogP contribution in [0.4, 0.5) is 0 Å². The van der Waals surface area contributed by atoms with E-state index >= 15 is 0 Å². The lowest BCUT2D eigenvalue weighted by molar-refractivity contribution is 0.291. The first-order valence-electron chi connectivity index (χ1n) is 5.41. The minimum Gasteiger partial charge on any atom is -0.196 e. The maximum absolute atomic E-state index is 9.26. The summed E-state index contributed by atoms with van der Waals surface area (Å²) in [5, 5.41) is 36.6.